The third-order valence-electron chi connectivity index (χ3n) is 3.90. The van der Waals surface area contributed by atoms with E-state index >= 15 is 0 Å². The second-order valence-corrected chi connectivity index (χ2v) is 5.83. The maximum absolute atomic E-state index is 12.4. The molecule has 8 heteroatoms. The van der Waals surface area contributed by atoms with E-state index in [2.05, 4.69) is 25.3 Å². The molecule has 0 saturated carbocycles. The summed E-state index contributed by atoms with van der Waals surface area (Å²) >= 11 is 0. The summed E-state index contributed by atoms with van der Waals surface area (Å²) in [5.41, 5.74) is 1.29. The highest BCUT2D eigenvalue weighted by molar-refractivity contribution is 5.92. The van der Waals surface area contributed by atoms with Gasteiger partial charge in [0, 0.05) is 50.6 Å². The Morgan fingerprint density at radius 1 is 1.21 bits per heavy atom. The molecule has 1 fully saturated rings. The Labute approximate surface area is 140 Å². The molecule has 0 unspecified atom stereocenters. The second-order valence-electron chi connectivity index (χ2n) is 5.83. The van der Waals surface area contributed by atoms with Crippen LogP contribution in [0.15, 0.2) is 16.7 Å². The summed E-state index contributed by atoms with van der Waals surface area (Å²) in [5.74, 6) is 2.08. The van der Waals surface area contributed by atoms with Crippen molar-refractivity contribution in [1.29, 1.82) is 0 Å². The van der Waals surface area contributed by atoms with E-state index in [4.69, 9.17) is 4.52 Å². The third kappa shape index (κ3) is 3.47. The van der Waals surface area contributed by atoms with Crippen LogP contribution in [0, 0.1) is 13.8 Å². The van der Waals surface area contributed by atoms with E-state index in [1.54, 1.807) is 17.9 Å². The Morgan fingerprint density at radius 3 is 2.58 bits per heavy atom. The van der Waals surface area contributed by atoms with E-state index < -0.39 is 0 Å². The lowest BCUT2D eigenvalue weighted by Crippen LogP contribution is -2.49. The Kier molecular flexibility index (Phi) is 4.64. The molecular formula is C16H22N6O2. The summed E-state index contributed by atoms with van der Waals surface area (Å²) < 4.78 is 4.98. The summed E-state index contributed by atoms with van der Waals surface area (Å²) in [7, 11) is 0. The van der Waals surface area contributed by atoms with Gasteiger partial charge in [0.1, 0.15) is 11.6 Å². The SMILES string of the molecule is CCNc1cc(C)nc(N2CCN(C(=O)c3cc(C)on3)CC2)n1. The quantitative estimate of drug-likeness (QED) is 0.908. The van der Waals surface area contributed by atoms with Crippen LogP contribution in [0.1, 0.15) is 28.9 Å². The zero-order valence-corrected chi connectivity index (χ0v) is 14.2. The number of aryl methyl sites for hydroxylation is 2. The van der Waals surface area contributed by atoms with E-state index in [-0.39, 0.29) is 5.91 Å². The summed E-state index contributed by atoms with van der Waals surface area (Å²) in [6, 6.07) is 3.60. The normalized spacial score (nSPS) is 14.8. The van der Waals surface area contributed by atoms with Crippen molar-refractivity contribution in [3.63, 3.8) is 0 Å². The molecule has 2 aromatic heterocycles. The van der Waals surface area contributed by atoms with Gasteiger partial charge in [0.2, 0.25) is 5.95 Å². The number of nitrogens with one attached hydrogen (secondary N) is 1. The van der Waals surface area contributed by atoms with E-state index in [0.29, 0.717) is 43.6 Å². The number of carbonyl (C=O) groups is 1. The standard InChI is InChI=1S/C16H22N6O2/c1-4-17-14-9-11(2)18-16(19-14)22-7-5-21(6-8-22)15(23)13-10-12(3)24-20-13/h9-10H,4-8H2,1-3H3,(H,17,18,19). The predicted octanol–water partition coefficient (Wildman–Crippen LogP) is 1.48. The Hall–Kier alpha value is -2.64. The fourth-order valence-corrected chi connectivity index (χ4v) is 2.70. The average Bonchev–Trinajstić information content (AvgIpc) is 3.00. The molecule has 1 saturated heterocycles. The number of hydrogen-bond donors (Lipinski definition) is 1. The Bertz CT molecular complexity index is 721. The van der Waals surface area contributed by atoms with E-state index in [0.717, 1.165) is 18.1 Å². The average molecular weight is 330 g/mol. The molecule has 8 nitrogen and oxygen atoms in total. The van der Waals surface area contributed by atoms with Gasteiger partial charge < -0.3 is 19.6 Å². The maximum Gasteiger partial charge on any atom is 0.276 e. The predicted molar refractivity (Wildman–Crippen MR) is 90.3 cm³/mol. The largest absolute Gasteiger partial charge is 0.370 e. The minimum Gasteiger partial charge on any atom is -0.370 e. The molecule has 0 spiro atoms. The minimum absolute atomic E-state index is 0.0926. The van der Waals surface area contributed by atoms with Gasteiger partial charge in [-0.25, -0.2) is 4.98 Å². The number of piperazine rings is 1. The molecule has 1 aliphatic heterocycles. The van der Waals surface area contributed by atoms with Gasteiger partial charge in [0.15, 0.2) is 5.69 Å². The second kappa shape index (κ2) is 6.86. The van der Waals surface area contributed by atoms with E-state index in [1.165, 1.54) is 0 Å². The highest BCUT2D eigenvalue weighted by atomic mass is 16.5. The molecule has 128 valence electrons. The van der Waals surface area contributed by atoms with Gasteiger partial charge in [-0.2, -0.15) is 4.98 Å². The van der Waals surface area contributed by atoms with Gasteiger partial charge in [-0.1, -0.05) is 5.16 Å². The fourth-order valence-electron chi connectivity index (χ4n) is 2.70. The van der Waals surface area contributed by atoms with Crippen molar-refractivity contribution in [1.82, 2.24) is 20.0 Å². The number of rotatable bonds is 4. The van der Waals surface area contributed by atoms with Crippen molar-refractivity contribution in [2.24, 2.45) is 0 Å². The minimum atomic E-state index is -0.0926. The van der Waals surface area contributed by atoms with Crippen LogP contribution in [0.25, 0.3) is 0 Å². The van der Waals surface area contributed by atoms with E-state index in [9.17, 15) is 4.79 Å². The summed E-state index contributed by atoms with van der Waals surface area (Å²) in [4.78, 5) is 25.3. The first-order chi connectivity index (χ1) is 11.6. The highest BCUT2D eigenvalue weighted by Gasteiger charge is 2.25. The molecule has 0 aromatic carbocycles. The summed E-state index contributed by atoms with van der Waals surface area (Å²) in [5, 5.41) is 7.02. The van der Waals surface area contributed by atoms with Gasteiger partial charge in [0.05, 0.1) is 0 Å². The number of anilines is 2. The number of carbonyl (C=O) groups excluding carboxylic acids is 1. The molecular weight excluding hydrogens is 308 g/mol. The first-order valence-corrected chi connectivity index (χ1v) is 8.14. The van der Waals surface area contributed by atoms with Crippen molar-refractivity contribution in [2.75, 3.05) is 42.9 Å². The molecule has 0 bridgehead atoms. The van der Waals surface area contributed by atoms with Crippen LogP contribution in [0.2, 0.25) is 0 Å². The van der Waals surface area contributed by atoms with E-state index in [1.807, 2.05) is 19.9 Å². The zero-order chi connectivity index (χ0) is 17.1. The van der Waals surface area contributed by atoms with Crippen LogP contribution < -0.4 is 10.2 Å². The lowest BCUT2D eigenvalue weighted by atomic mass is 10.2. The van der Waals surface area contributed by atoms with Crippen molar-refractivity contribution < 1.29 is 9.32 Å². The van der Waals surface area contributed by atoms with Crippen LogP contribution in [0.3, 0.4) is 0 Å². The number of hydrogen-bond acceptors (Lipinski definition) is 7. The maximum atomic E-state index is 12.4. The Morgan fingerprint density at radius 2 is 1.96 bits per heavy atom. The third-order valence-corrected chi connectivity index (χ3v) is 3.90. The van der Waals surface area contributed by atoms with Crippen molar-refractivity contribution in [2.45, 2.75) is 20.8 Å². The van der Waals surface area contributed by atoms with Crippen LogP contribution in [-0.2, 0) is 0 Å². The molecule has 24 heavy (non-hydrogen) atoms. The topological polar surface area (TPSA) is 87.4 Å². The number of nitrogens with zero attached hydrogens (tertiary/aromatic N) is 5. The molecule has 3 heterocycles. The summed E-state index contributed by atoms with van der Waals surface area (Å²) in [6.45, 7) is 9.19. The number of amides is 1. The van der Waals surface area contributed by atoms with Crippen LogP contribution in [-0.4, -0.2) is 58.7 Å². The first kappa shape index (κ1) is 16.2. The summed E-state index contributed by atoms with van der Waals surface area (Å²) in [6.07, 6.45) is 0. The smallest absolute Gasteiger partial charge is 0.276 e. The Balaban J connectivity index is 1.65. The molecule has 1 N–H and O–H groups in total. The van der Waals surface area contributed by atoms with Gasteiger partial charge in [-0.3, -0.25) is 4.79 Å². The van der Waals surface area contributed by atoms with Crippen molar-refractivity contribution in [3.8, 4) is 0 Å². The van der Waals surface area contributed by atoms with Gasteiger partial charge in [-0.05, 0) is 20.8 Å². The van der Waals surface area contributed by atoms with Gasteiger partial charge in [-0.15, -0.1) is 0 Å². The molecule has 1 amide bonds. The van der Waals surface area contributed by atoms with Crippen LogP contribution in [0.5, 0.6) is 0 Å². The monoisotopic (exact) mass is 330 g/mol. The molecule has 0 aliphatic carbocycles. The molecule has 3 rings (SSSR count). The first-order valence-electron chi connectivity index (χ1n) is 8.14. The van der Waals surface area contributed by atoms with Crippen LogP contribution in [0.4, 0.5) is 11.8 Å². The van der Waals surface area contributed by atoms with Crippen molar-refractivity contribution >= 4 is 17.7 Å². The van der Waals surface area contributed by atoms with Gasteiger partial charge >= 0.3 is 0 Å². The zero-order valence-electron chi connectivity index (χ0n) is 14.2. The van der Waals surface area contributed by atoms with Crippen molar-refractivity contribution in [3.05, 3.63) is 29.3 Å². The number of aromatic nitrogens is 3. The molecule has 2 aromatic rings. The molecule has 0 atom stereocenters. The molecule has 0 radical (unpaired) electrons. The highest BCUT2D eigenvalue weighted by Crippen LogP contribution is 2.16. The lowest BCUT2D eigenvalue weighted by molar-refractivity contribution is 0.0735. The van der Waals surface area contributed by atoms with Crippen LogP contribution >= 0.6 is 0 Å². The fraction of sp³-hybridized carbons (Fsp3) is 0.500. The lowest BCUT2D eigenvalue weighted by Gasteiger charge is -2.34. The molecule has 1 aliphatic rings. The van der Waals surface area contributed by atoms with Gasteiger partial charge in [0.25, 0.3) is 5.91 Å².